The van der Waals surface area contributed by atoms with Crippen LogP contribution in [0.3, 0.4) is 0 Å². The Hall–Kier alpha value is -1.11. The maximum atomic E-state index is 11.8. The lowest BCUT2D eigenvalue weighted by atomic mass is 10.3. The van der Waals surface area contributed by atoms with Crippen LogP contribution in [0.5, 0.6) is 0 Å². The van der Waals surface area contributed by atoms with Crippen molar-refractivity contribution in [3.05, 3.63) is 24.3 Å². The molecule has 18 heavy (non-hydrogen) atoms. The molecule has 0 amide bonds. The van der Waals surface area contributed by atoms with E-state index in [4.69, 9.17) is 4.74 Å². The lowest BCUT2D eigenvalue weighted by Gasteiger charge is -2.08. The SMILES string of the molecule is CCCNc1ccc(S(=O)(=O)NCCOC)cc1. The van der Waals surface area contributed by atoms with Gasteiger partial charge in [-0.2, -0.15) is 0 Å². The van der Waals surface area contributed by atoms with Crippen LogP contribution < -0.4 is 10.0 Å². The zero-order valence-electron chi connectivity index (χ0n) is 10.8. The van der Waals surface area contributed by atoms with E-state index >= 15 is 0 Å². The Balaban J connectivity index is 2.65. The highest BCUT2D eigenvalue weighted by atomic mass is 32.2. The van der Waals surface area contributed by atoms with Gasteiger partial charge >= 0.3 is 0 Å². The number of hydrogen-bond acceptors (Lipinski definition) is 4. The summed E-state index contributed by atoms with van der Waals surface area (Å²) in [5.74, 6) is 0. The second kappa shape index (κ2) is 7.35. The van der Waals surface area contributed by atoms with Crippen molar-refractivity contribution in [2.24, 2.45) is 0 Å². The third-order valence-corrected chi connectivity index (χ3v) is 3.82. The molecule has 1 rings (SSSR count). The standard InChI is InChI=1S/C12H20N2O3S/c1-3-8-13-11-4-6-12(7-5-11)18(15,16)14-9-10-17-2/h4-7,13-14H,3,8-10H2,1-2H3. The molecule has 0 saturated heterocycles. The summed E-state index contributed by atoms with van der Waals surface area (Å²) < 4.78 is 31.0. The molecule has 0 saturated carbocycles. The topological polar surface area (TPSA) is 67.4 Å². The first-order valence-electron chi connectivity index (χ1n) is 5.92. The lowest BCUT2D eigenvalue weighted by molar-refractivity contribution is 0.204. The van der Waals surface area contributed by atoms with Crippen LogP contribution in [-0.2, 0) is 14.8 Å². The van der Waals surface area contributed by atoms with Crippen molar-refractivity contribution >= 4 is 15.7 Å². The quantitative estimate of drug-likeness (QED) is 0.703. The number of methoxy groups -OCH3 is 1. The highest BCUT2D eigenvalue weighted by Gasteiger charge is 2.12. The van der Waals surface area contributed by atoms with Gasteiger partial charge in [0.15, 0.2) is 0 Å². The molecule has 1 aromatic rings. The van der Waals surface area contributed by atoms with Crippen LogP contribution in [-0.4, -0.2) is 35.2 Å². The van der Waals surface area contributed by atoms with Crippen LogP contribution in [0.2, 0.25) is 0 Å². The first kappa shape index (κ1) is 14.9. The summed E-state index contributed by atoms with van der Waals surface area (Å²) in [6, 6.07) is 6.71. The fourth-order valence-corrected chi connectivity index (χ4v) is 2.40. The Labute approximate surface area is 109 Å². The van der Waals surface area contributed by atoms with E-state index in [2.05, 4.69) is 17.0 Å². The summed E-state index contributed by atoms with van der Waals surface area (Å²) in [4.78, 5) is 0.264. The molecule has 102 valence electrons. The van der Waals surface area contributed by atoms with Crippen LogP contribution in [0.1, 0.15) is 13.3 Å². The second-order valence-corrected chi connectivity index (χ2v) is 5.61. The Morgan fingerprint density at radius 3 is 2.39 bits per heavy atom. The molecule has 0 aromatic heterocycles. The second-order valence-electron chi connectivity index (χ2n) is 3.84. The molecule has 0 bridgehead atoms. The van der Waals surface area contributed by atoms with E-state index in [0.717, 1.165) is 18.7 Å². The van der Waals surface area contributed by atoms with Gasteiger partial charge in [-0.3, -0.25) is 0 Å². The van der Waals surface area contributed by atoms with Gasteiger partial charge in [-0.1, -0.05) is 6.92 Å². The summed E-state index contributed by atoms with van der Waals surface area (Å²) in [5.41, 5.74) is 0.924. The van der Waals surface area contributed by atoms with Crippen LogP contribution in [0.4, 0.5) is 5.69 Å². The number of benzene rings is 1. The van der Waals surface area contributed by atoms with E-state index < -0.39 is 10.0 Å². The summed E-state index contributed by atoms with van der Waals surface area (Å²) in [6.07, 6.45) is 1.03. The zero-order chi connectivity index (χ0) is 13.4. The van der Waals surface area contributed by atoms with Gasteiger partial charge in [-0.05, 0) is 30.7 Å². The molecule has 0 aliphatic rings. The van der Waals surface area contributed by atoms with Gasteiger partial charge in [0.2, 0.25) is 10.0 Å². The van der Waals surface area contributed by atoms with Gasteiger partial charge in [0.25, 0.3) is 0 Å². The Kier molecular flexibility index (Phi) is 6.11. The normalized spacial score (nSPS) is 11.4. The molecule has 2 N–H and O–H groups in total. The minimum atomic E-state index is -3.43. The van der Waals surface area contributed by atoms with E-state index in [0.29, 0.717) is 6.61 Å². The van der Waals surface area contributed by atoms with Gasteiger partial charge < -0.3 is 10.1 Å². The number of ether oxygens (including phenoxy) is 1. The van der Waals surface area contributed by atoms with Crippen LogP contribution in [0.15, 0.2) is 29.2 Å². The molecule has 0 spiro atoms. The highest BCUT2D eigenvalue weighted by molar-refractivity contribution is 7.89. The first-order chi connectivity index (χ1) is 8.60. The first-order valence-corrected chi connectivity index (χ1v) is 7.41. The van der Waals surface area contributed by atoms with E-state index in [1.807, 2.05) is 0 Å². The Bertz CT molecular complexity index is 443. The molecular formula is C12H20N2O3S. The number of nitrogens with one attached hydrogen (secondary N) is 2. The van der Waals surface area contributed by atoms with Crippen LogP contribution >= 0.6 is 0 Å². The number of rotatable bonds is 8. The van der Waals surface area contributed by atoms with Crippen molar-refractivity contribution in [1.82, 2.24) is 4.72 Å². The molecule has 0 aliphatic heterocycles. The van der Waals surface area contributed by atoms with Crippen LogP contribution in [0.25, 0.3) is 0 Å². The molecule has 0 unspecified atom stereocenters. The van der Waals surface area contributed by atoms with Gasteiger partial charge in [0.05, 0.1) is 11.5 Å². The molecule has 0 radical (unpaired) electrons. The van der Waals surface area contributed by atoms with E-state index in [9.17, 15) is 8.42 Å². The summed E-state index contributed by atoms with van der Waals surface area (Å²) in [7, 11) is -1.90. The largest absolute Gasteiger partial charge is 0.385 e. The van der Waals surface area contributed by atoms with Crippen molar-refractivity contribution in [1.29, 1.82) is 0 Å². The monoisotopic (exact) mass is 272 g/mol. The summed E-state index contributed by atoms with van der Waals surface area (Å²) >= 11 is 0. The molecule has 0 aliphatic carbocycles. The maximum Gasteiger partial charge on any atom is 0.240 e. The number of hydrogen-bond donors (Lipinski definition) is 2. The average Bonchev–Trinajstić information content (AvgIpc) is 2.37. The van der Waals surface area contributed by atoms with Crippen molar-refractivity contribution in [3.8, 4) is 0 Å². The van der Waals surface area contributed by atoms with Crippen LogP contribution in [0, 0.1) is 0 Å². The molecule has 1 aromatic carbocycles. The third-order valence-electron chi connectivity index (χ3n) is 2.34. The van der Waals surface area contributed by atoms with Gasteiger partial charge in [-0.15, -0.1) is 0 Å². The molecule has 0 heterocycles. The van der Waals surface area contributed by atoms with E-state index in [1.165, 1.54) is 7.11 Å². The summed E-state index contributed by atoms with van der Waals surface area (Å²) in [6.45, 7) is 3.58. The molecule has 0 fully saturated rings. The minimum Gasteiger partial charge on any atom is -0.385 e. The third kappa shape index (κ3) is 4.64. The lowest BCUT2D eigenvalue weighted by Crippen LogP contribution is -2.27. The smallest absolute Gasteiger partial charge is 0.240 e. The van der Waals surface area contributed by atoms with Gasteiger partial charge in [-0.25, -0.2) is 13.1 Å². The molecule has 5 nitrogen and oxygen atoms in total. The Morgan fingerprint density at radius 2 is 1.83 bits per heavy atom. The highest BCUT2D eigenvalue weighted by Crippen LogP contribution is 2.13. The zero-order valence-corrected chi connectivity index (χ0v) is 11.6. The molecule has 6 heteroatoms. The minimum absolute atomic E-state index is 0.264. The number of anilines is 1. The van der Waals surface area contributed by atoms with Gasteiger partial charge in [0, 0.05) is 25.9 Å². The van der Waals surface area contributed by atoms with E-state index in [-0.39, 0.29) is 11.4 Å². The van der Waals surface area contributed by atoms with Crippen molar-refractivity contribution in [2.45, 2.75) is 18.2 Å². The van der Waals surface area contributed by atoms with Crippen molar-refractivity contribution in [2.75, 3.05) is 32.1 Å². The maximum absolute atomic E-state index is 11.8. The number of sulfonamides is 1. The predicted octanol–water partition coefficient (Wildman–Crippen LogP) is 1.43. The van der Waals surface area contributed by atoms with Crippen molar-refractivity contribution in [3.63, 3.8) is 0 Å². The van der Waals surface area contributed by atoms with Crippen molar-refractivity contribution < 1.29 is 13.2 Å². The summed E-state index contributed by atoms with van der Waals surface area (Å²) in [5, 5.41) is 3.19. The van der Waals surface area contributed by atoms with Gasteiger partial charge in [0.1, 0.15) is 0 Å². The fourth-order valence-electron chi connectivity index (χ4n) is 1.38. The van der Waals surface area contributed by atoms with E-state index in [1.54, 1.807) is 24.3 Å². The predicted molar refractivity (Wildman–Crippen MR) is 72.3 cm³/mol. The fraction of sp³-hybridized carbons (Fsp3) is 0.500. The molecule has 0 atom stereocenters. The Morgan fingerprint density at radius 1 is 1.17 bits per heavy atom. The molecular weight excluding hydrogens is 252 g/mol. The average molecular weight is 272 g/mol.